The van der Waals surface area contributed by atoms with Crippen LogP contribution in [0.25, 0.3) is 0 Å². The molecule has 0 saturated heterocycles. The van der Waals surface area contributed by atoms with Crippen molar-refractivity contribution in [1.29, 1.82) is 0 Å². The van der Waals surface area contributed by atoms with Crippen LogP contribution in [0.15, 0.2) is 71.5 Å². The van der Waals surface area contributed by atoms with Gasteiger partial charge in [-0.25, -0.2) is 4.98 Å². The highest BCUT2D eigenvalue weighted by atomic mass is 16.3. The first-order valence-corrected chi connectivity index (χ1v) is 8.31. The molecule has 0 saturated carbocycles. The van der Waals surface area contributed by atoms with E-state index in [1.165, 1.54) is 5.56 Å². The van der Waals surface area contributed by atoms with Crippen molar-refractivity contribution in [2.45, 2.75) is 20.0 Å². The third kappa shape index (κ3) is 4.47. The van der Waals surface area contributed by atoms with Crippen molar-refractivity contribution in [3.63, 3.8) is 0 Å². The predicted molar refractivity (Wildman–Crippen MR) is 97.3 cm³/mol. The Hall–Kier alpha value is -3.08. The van der Waals surface area contributed by atoms with Gasteiger partial charge in [0, 0.05) is 24.8 Å². The molecule has 0 aliphatic heterocycles. The molecular formula is C20H21N3O2. The van der Waals surface area contributed by atoms with Gasteiger partial charge in [0.25, 0.3) is 5.91 Å². The van der Waals surface area contributed by atoms with Gasteiger partial charge in [0.15, 0.2) is 0 Å². The van der Waals surface area contributed by atoms with Crippen LogP contribution in [-0.4, -0.2) is 17.4 Å². The molecule has 0 unspecified atom stereocenters. The molecule has 2 heterocycles. The van der Waals surface area contributed by atoms with Crippen molar-refractivity contribution in [3.05, 3.63) is 83.9 Å². The Morgan fingerprint density at radius 3 is 2.72 bits per heavy atom. The highest BCUT2D eigenvalue weighted by Crippen LogP contribution is 2.16. The Morgan fingerprint density at radius 2 is 2.00 bits per heavy atom. The molecule has 2 aromatic heterocycles. The molecule has 128 valence electrons. The Kier molecular flexibility index (Phi) is 5.46. The summed E-state index contributed by atoms with van der Waals surface area (Å²) in [6.07, 6.45) is 3.26. The van der Waals surface area contributed by atoms with Crippen molar-refractivity contribution >= 4 is 11.7 Å². The maximum Gasteiger partial charge on any atom is 0.251 e. The van der Waals surface area contributed by atoms with Crippen LogP contribution in [0.1, 0.15) is 28.6 Å². The first-order chi connectivity index (χ1) is 12.3. The molecule has 25 heavy (non-hydrogen) atoms. The van der Waals surface area contributed by atoms with Crippen molar-refractivity contribution in [2.24, 2.45) is 0 Å². The summed E-state index contributed by atoms with van der Waals surface area (Å²) in [5.74, 6) is 1.37. The van der Waals surface area contributed by atoms with Crippen molar-refractivity contribution in [1.82, 2.24) is 10.3 Å². The molecular weight excluding hydrogens is 314 g/mol. The standard InChI is InChI=1S/C20H21N3O2/c1-2-23(15-16-7-4-3-5-8-16)19-13-17(10-11-21-19)20(24)22-14-18-9-6-12-25-18/h3-13H,2,14-15H2,1H3,(H,22,24). The van der Waals surface area contributed by atoms with Crippen LogP contribution < -0.4 is 10.2 Å². The van der Waals surface area contributed by atoms with Crippen LogP contribution in [0.5, 0.6) is 0 Å². The molecule has 0 bridgehead atoms. The van der Waals surface area contributed by atoms with Crippen LogP contribution in [0.3, 0.4) is 0 Å². The maximum atomic E-state index is 12.4. The van der Waals surface area contributed by atoms with E-state index in [0.29, 0.717) is 12.1 Å². The third-order valence-corrected chi connectivity index (χ3v) is 3.93. The van der Waals surface area contributed by atoms with E-state index >= 15 is 0 Å². The summed E-state index contributed by atoms with van der Waals surface area (Å²) in [6.45, 7) is 4.00. The second-order valence-electron chi connectivity index (χ2n) is 5.66. The number of amides is 1. The van der Waals surface area contributed by atoms with E-state index in [1.54, 1.807) is 24.6 Å². The number of anilines is 1. The van der Waals surface area contributed by atoms with Gasteiger partial charge in [0.2, 0.25) is 0 Å². The molecule has 1 aromatic carbocycles. The van der Waals surface area contributed by atoms with Crippen LogP contribution in [0.2, 0.25) is 0 Å². The van der Waals surface area contributed by atoms with E-state index in [4.69, 9.17) is 4.42 Å². The lowest BCUT2D eigenvalue weighted by Gasteiger charge is -2.22. The summed E-state index contributed by atoms with van der Waals surface area (Å²) in [6, 6.07) is 17.4. The zero-order valence-electron chi connectivity index (χ0n) is 14.2. The monoisotopic (exact) mass is 335 g/mol. The molecule has 0 aliphatic carbocycles. The average molecular weight is 335 g/mol. The second-order valence-corrected chi connectivity index (χ2v) is 5.66. The first kappa shape index (κ1) is 16.8. The van der Waals surface area contributed by atoms with Crippen LogP contribution in [0, 0.1) is 0 Å². The fourth-order valence-electron chi connectivity index (χ4n) is 2.57. The Labute approximate surface area is 147 Å². The van der Waals surface area contributed by atoms with Gasteiger partial charge in [0.05, 0.1) is 12.8 Å². The van der Waals surface area contributed by atoms with Crippen LogP contribution in [0.4, 0.5) is 5.82 Å². The fourth-order valence-corrected chi connectivity index (χ4v) is 2.57. The molecule has 5 heteroatoms. The highest BCUT2D eigenvalue weighted by Gasteiger charge is 2.11. The van der Waals surface area contributed by atoms with Gasteiger partial charge in [-0.1, -0.05) is 30.3 Å². The largest absolute Gasteiger partial charge is 0.467 e. The predicted octanol–water partition coefficient (Wildman–Crippen LogP) is 3.63. The summed E-state index contributed by atoms with van der Waals surface area (Å²) < 4.78 is 5.23. The lowest BCUT2D eigenvalue weighted by atomic mass is 10.2. The number of rotatable bonds is 7. The summed E-state index contributed by atoms with van der Waals surface area (Å²) in [5, 5.41) is 2.86. The van der Waals surface area contributed by atoms with Crippen molar-refractivity contribution < 1.29 is 9.21 Å². The first-order valence-electron chi connectivity index (χ1n) is 8.31. The summed E-state index contributed by atoms with van der Waals surface area (Å²) in [4.78, 5) is 18.9. The van der Waals surface area contributed by atoms with E-state index in [2.05, 4.69) is 34.3 Å². The molecule has 3 aromatic rings. The van der Waals surface area contributed by atoms with E-state index in [9.17, 15) is 4.79 Å². The highest BCUT2D eigenvalue weighted by molar-refractivity contribution is 5.94. The molecule has 0 fully saturated rings. The lowest BCUT2D eigenvalue weighted by Crippen LogP contribution is -2.25. The summed E-state index contributed by atoms with van der Waals surface area (Å²) in [7, 11) is 0. The minimum Gasteiger partial charge on any atom is -0.467 e. The van der Waals surface area contributed by atoms with Gasteiger partial charge in [-0.2, -0.15) is 0 Å². The van der Waals surface area contributed by atoms with Crippen LogP contribution >= 0.6 is 0 Å². The van der Waals surface area contributed by atoms with Gasteiger partial charge in [-0.3, -0.25) is 4.79 Å². The normalized spacial score (nSPS) is 10.4. The number of nitrogens with zero attached hydrogens (tertiary/aromatic N) is 2. The molecule has 0 radical (unpaired) electrons. The zero-order chi connectivity index (χ0) is 17.5. The minimum atomic E-state index is -0.143. The molecule has 3 rings (SSSR count). The van der Waals surface area contributed by atoms with Crippen LogP contribution in [-0.2, 0) is 13.1 Å². The van der Waals surface area contributed by atoms with Gasteiger partial charge >= 0.3 is 0 Å². The molecule has 0 atom stereocenters. The van der Waals surface area contributed by atoms with Crippen molar-refractivity contribution in [3.8, 4) is 0 Å². The van der Waals surface area contributed by atoms with Gasteiger partial charge in [-0.05, 0) is 36.8 Å². The topological polar surface area (TPSA) is 58.4 Å². The number of hydrogen-bond acceptors (Lipinski definition) is 4. The number of nitrogens with one attached hydrogen (secondary N) is 1. The maximum absolute atomic E-state index is 12.4. The number of carbonyl (C=O) groups is 1. The number of carbonyl (C=O) groups excluding carboxylic acids is 1. The number of furan rings is 1. The lowest BCUT2D eigenvalue weighted by molar-refractivity contribution is 0.0948. The van der Waals surface area contributed by atoms with Crippen molar-refractivity contribution in [2.75, 3.05) is 11.4 Å². The Balaban J connectivity index is 1.69. The summed E-state index contributed by atoms with van der Waals surface area (Å²) >= 11 is 0. The molecule has 1 N–H and O–H groups in total. The average Bonchev–Trinajstić information content (AvgIpc) is 3.19. The van der Waals surface area contributed by atoms with Gasteiger partial charge in [-0.15, -0.1) is 0 Å². The Bertz CT molecular complexity index is 801. The van der Waals surface area contributed by atoms with E-state index in [1.807, 2.05) is 30.3 Å². The van der Waals surface area contributed by atoms with E-state index in [-0.39, 0.29) is 5.91 Å². The molecule has 5 nitrogen and oxygen atoms in total. The second kappa shape index (κ2) is 8.15. The van der Waals surface area contributed by atoms with E-state index in [0.717, 1.165) is 24.7 Å². The molecule has 1 amide bonds. The summed E-state index contributed by atoms with van der Waals surface area (Å²) in [5.41, 5.74) is 1.79. The quantitative estimate of drug-likeness (QED) is 0.716. The minimum absolute atomic E-state index is 0.143. The SMILES string of the molecule is CCN(Cc1ccccc1)c1cc(C(=O)NCc2ccco2)ccn1. The number of aromatic nitrogens is 1. The zero-order valence-corrected chi connectivity index (χ0v) is 14.2. The Morgan fingerprint density at radius 1 is 1.16 bits per heavy atom. The number of pyridine rings is 1. The fraction of sp³-hybridized carbons (Fsp3) is 0.200. The number of benzene rings is 1. The third-order valence-electron chi connectivity index (χ3n) is 3.93. The smallest absolute Gasteiger partial charge is 0.251 e. The van der Waals surface area contributed by atoms with Gasteiger partial charge in [0.1, 0.15) is 11.6 Å². The molecule has 0 spiro atoms. The molecule has 0 aliphatic rings. The van der Waals surface area contributed by atoms with Gasteiger partial charge < -0.3 is 14.6 Å². The number of hydrogen-bond donors (Lipinski definition) is 1. The van der Waals surface area contributed by atoms with E-state index < -0.39 is 0 Å².